The fourth-order valence-corrected chi connectivity index (χ4v) is 4.21. The van der Waals surface area contributed by atoms with E-state index in [1.54, 1.807) is 29.8 Å². The first-order valence-electron chi connectivity index (χ1n) is 9.92. The van der Waals surface area contributed by atoms with Gasteiger partial charge in [-0.15, -0.1) is 5.10 Å². The van der Waals surface area contributed by atoms with Gasteiger partial charge < -0.3 is 24.5 Å². The van der Waals surface area contributed by atoms with Crippen LogP contribution in [0.1, 0.15) is 19.5 Å². The van der Waals surface area contributed by atoms with Crippen LogP contribution in [-0.2, 0) is 0 Å². The lowest BCUT2D eigenvalue weighted by Gasteiger charge is -2.37. The highest BCUT2D eigenvalue weighted by molar-refractivity contribution is 5.93. The highest BCUT2D eigenvalue weighted by Crippen LogP contribution is 2.38. The first kappa shape index (κ1) is 18.7. The van der Waals surface area contributed by atoms with E-state index in [0.29, 0.717) is 28.7 Å². The minimum atomic E-state index is -0.492. The van der Waals surface area contributed by atoms with Gasteiger partial charge in [-0.2, -0.15) is 0 Å². The summed E-state index contributed by atoms with van der Waals surface area (Å²) in [4.78, 5) is 6.37. The van der Waals surface area contributed by atoms with E-state index in [1.165, 1.54) is 6.07 Å². The molecule has 1 aliphatic rings. The summed E-state index contributed by atoms with van der Waals surface area (Å²) in [5.41, 5.74) is 2.51. The van der Waals surface area contributed by atoms with Gasteiger partial charge in [0.2, 0.25) is 5.88 Å². The Bertz CT molecular complexity index is 1240. The van der Waals surface area contributed by atoms with E-state index < -0.39 is 5.82 Å². The average molecular weight is 410 g/mol. The van der Waals surface area contributed by atoms with E-state index in [-0.39, 0.29) is 23.0 Å². The van der Waals surface area contributed by atoms with Crippen molar-refractivity contribution in [2.45, 2.75) is 32.9 Å². The van der Waals surface area contributed by atoms with E-state index in [9.17, 15) is 9.50 Å². The number of aromatic amines is 1. The van der Waals surface area contributed by atoms with E-state index in [2.05, 4.69) is 39.2 Å². The minimum absolute atomic E-state index is 0.0603. The number of pyridine rings is 1. The number of piperazine rings is 1. The molecule has 9 heteroatoms. The van der Waals surface area contributed by atoms with Crippen molar-refractivity contribution in [1.29, 1.82) is 0 Å². The number of benzene rings is 1. The summed E-state index contributed by atoms with van der Waals surface area (Å²) < 4.78 is 21.7. The van der Waals surface area contributed by atoms with Gasteiger partial charge in [-0.25, -0.2) is 9.37 Å². The summed E-state index contributed by atoms with van der Waals surface area (Å²) in [7, 11) is 0. The van der Waals surface area contributed by atoms with E-state index in [0.717, 1.165) is 18.8 Å². The Morgan fingerprint density at radius 1 is 1.17 bits per heavy atom. The highest BCUT2D eigenvalue weighted by atomic mass is 19.1. The molecule has 1 aromatic carbocycles. The number of ether oxygens (including phenoxy) is 1. The zero-order chi connectivity index (χ0) is 21.0. The maximum Gasteiger partial charge on any atom is 0.249 e. The van der Waals surface area contributed by atoms with Crippen molar-refractivity contribution in [1.82, 2.24) is 24.9 Å². The molecule has 1 saturated heterocycles. The molecule has 3 aromatic heterocycles. The van der Waals surface area contributed by atoms with Gasteiger partial charge in [0.05, 0.1) is 17.4 Å². The lowest BCUT2D eigenvalue weighted by molar-refractivity contribution is 0.406. The summed E-state index contributed by atoms with van der Waals surface area (Å²) in [6.45, 7) is 7.76. The molecule has 8 nitrogen and oxygen atoms in total. The van der Waals surface area contributed by atoms with Crippen LogP contribution < -0.4 is 15.0 Å². The molecule has 30 heavy (non-hydrogen) atoms. The molecule has 0 amide bonds. The second kappa shape index (κ2) is 6.88. The maximum atomic E-state index is 14.4. The van der Waals surface area contributed by atoms with Crippen LogP contribution in [0.15, 0.2) is 30.6 Å². The van der Waals surface area contributed by atoms with Crippen LogP contribution in [-0.4, -0.2) is 49.9 Å². The molecular weight excluding hydrogens is 387 g/mol. The summed E-state index contributed by atoms with van der Waals surface area (Å²) in [6.07, 6.45) is 3.35. The predicted molar refractivity (Wildman–Crippen MR) is 112 cm³/mol. The first-order valence-corrected chi connectivity index (χ1v) is 9.92. The number of aromatic nitrogens is 4. The third kappa shape index (κ3) is 3.21. The third-order valence-corrected chi connectivity index (χ3v) is 5.33. The Balaban J connectivity index is 1.49. The molecule has 0 unspecified atom stereocenters. The molecular formula is C21H23FN6O2. The molecule has 0 bridgehead atoms. The number of aromatic hydroxyl groups is 1. The number of nitrogens with one attached hydrogen (secondary N) is 2. The van der Waals surface area contributed by atoms with E-state index >= 15 is 0 Å². The zero-order valence-electron chi connectivity index (χ0n) is 17.0. The van der Waals surface area contributed by atoms with Crippen LogP contribution in [0.3, 0.4) is 0 Å². The third-order valence-electron chi connectivity index (χ3n) is 5.33. The normalized spacial score (nSPS) is 19.7. The molecule has 1 aliphatic heterocycles. The van der Waals surface area contributed by atoms with Crippen molar-refractivity contribution < 1.29 is 14.2 Å². The monoisotopic (exact) mass is 410 g/mol. The van der Waals surface area contributed by atoms with Gasteiger partial charge in [-0.1, -0.05) is 0 Å². The fraction of sp³-hybridized carbons (Fsp3) is 0.333. The number of hydrogen-bond acceptors (Lipinski definition) is 6. The zero-order valence-corrected chi connectivity index (χ0v) is 17.0. The highest BCUT2D eigenvalue weighted by Gasteiger charge is 2.23. The minimum Gasteiger partial charge on any atom is -0.507 e. The number of anilines is 1. The Labute approximate surface area is 172 Å². The van der Waals surface area contributed by atoms with Crippen LogP contribution >= 0.6 is 0 Å². The average Bonchev–Trinajstić information content (AvgIpc) is 3.24. The number of H-pyrrole nitrogens is 1. The lowest BCUT2D eigenvalue weighted by Crippen LogP contribution is -2.54. The van der Waals surface area contributed by atoms with Crippen LogP contribution in [0.2, 0.25) is 0 Å². The van der Waals surface area contributed by atoms with Gasteiger partial charge >= 0.3 is 0 Å². The molecule has 0 spiro atoms. The quantitative estimate of drug-likeness (QED) is 0.480. The van der Waals surface area contributed by atoms with Crippen LogP contribution in [0.4, 0.5) is 10.1 Å². The van der Waals surface area contributed by atoms with Crippen molar-refractivity contribution in [2.75, 3.05) is 18.0 Å². The van der Waals surface area contributed by atoms with Gasteiger partial charge in [-0.05, 0) is 26.8 Å². The second-order valence-electron chi connectivity index (χ2n) is 8.03. The van der Waals surface area contributed by atoms with Gasteiger partial charge in [-0.3, -0.25) is 5.10 Å². The van der Waals surface area contributed by atoms with Gasteiger partial charge in [0.15, 0.2) is 11.5 Å². The van der Waals surface area contributed by atoms with Crippen LogP contribution in [0, 0.1) is 12.7 Å². The van der Waals surface area contributed by atoms with Crippen molar-refractivity contribution in [2.24, 2.45) is 0 Å². The number of phenols is 1. The molecule has 156 valence electrons. The number of halogens is 1. The fourth-order valence-electron chi connectivity index (χ4n) is 4.21. The second-order valence-corrected chi connectivity index (χ2v) is 8.03. The molecule has 2 atom stereocenters. The Morgan fingerprint density at radius 2 is 1.93 bits per heavy atom. The molecule has 3 N–H and O–H groups in total. The smallest absolute Gasteiger partial charge is 0.249 e. The summed E-state index contributed by atoms with van der Waals surface area (Å²) in [5.74, 6) is 0.0183. The Morgan fingerprint density at radius 3 is 2.70 bits per heavy atom. The van der Waals surface area contributed by atoms with Crippen molar-refractivity contribution in [3.05, 3.63) is 42.1 Å². The summed E-state index contributed by atoms with van der Waals surface area (Å²) >= 11 is 0. The van der Waals surface area contributed by atoms with Gasteiger partial charge in [0.1, 0.15) is 16.9 Å². The number of fused-ring (bicyclic) bond motifs is 2. The van der Waals surface area contributed by atoms with Crippen molar-refractivity contribution in [3.63, 3.8) is 0 Å². The van der Waals surface area contributed by atoms with Crippen LogP contribution in [0.25, 0.3) is 16.6 Å². The van der Waals surface area contributed by atoms with Gasteiger partial charge in [0.25, 0.3) is 0 Å². The number of hydrogen-bond donors (Lipinski definition) is 3. The largest absolute Gasteiger partial charge is 0.507 e. The van der Waals surface area contributed by atoms with Crippen LogP contribution in [0.5, 0.6) is 17.4 Å². The maximum absolute atomic E-state index is 14.4. The molecule has 0 radical (unpaired) electrons. The SMILES string of the molecule is Cc1cn2cc(Oc3n[nH]c4cc(N5C[C@H](C)N[C@@H](C)C5)cc(O)c34)cc(F)c2n1. The molecule has 0 aliphatic carbocycles. The number of nitrogens with zero attached hydrogens (tertiary/aromatic N) is 4. The van der Waals surface area contributed by atoms with E-state index in [1.807, 2.05) is 6.07 Å². The summed E-state index contributed by atoms with van der Waals surface area (Å²) in [5, 5.41) is 21.8. The molecule has 4 aromatic rings. The van der Waals surface area contributed by atoms with Gasteiger partial charge in [0, 0.05) is 49.2 Å². The number of rotatable bonds is 3. The topological polar surface area (TPSA) is 90.7 Å². The number of aryl methyl sites for hydroxylation is 1. The Kier molecular flexibility index (Phi) is 4.28. The number of phenolic OH excluding ortho intramolecular Hbond substituents is 1. The standard InChI is InChI=1S/C21H23FN6O2/c1-11-7-27(8-12(2)23-11)14-4-17-19(18(29)5-14)21(26-25-17)30-15-6-16(22)20-24-13(3)9-28(20)10-15/h4-6,9-12,23,29H,7-8H2,1-3H3,(H,25,26)/t11-,12-/m0/s1. The lowest BCUT2D eigenvalue weighted by atomic mass is 10.1. The van der Waals surface area contributed by atoms with Crippen molar-refractivity contribution >= 4 is 22.2 Å². The Hall–Kier alpha value is -3.33. The molecule has 1 fully saturated rings. The predicted octanol–water partition coefficient (Wildman–Crippen LogP) is 3.34. The first-order chi connectivity index (χ1) is 14.4. The number of imidazole rings is 1. The molecule has 5 rings (SSSR count). The van der Waals surface area contributed by atoms with Crippen molar-refractivity contribution in [3.8, 4) is 17.4 Å². The molecule has 4 heterocycles. The summed E-state index contributed by atoms with van der Waals surface area (Å²) in [6, 6.07) is 5.63. The van der Waals surface area contributed by atoms with E-state index in [4.69, 9.17) is 4.74 Å². The molecule has 0 saturated carbocycles.